The van der Waals surface area contributed by atoms with Crippen LogP contribution >= 0.6 is 11.6 Å². The standard InChI is InChI=1S/C16H17ClFNO3S/c1-3-9-19-23(20,21)11-7-8-12(13(17)10-11)16-14(18)5-4-6-15(16)22-2/h4-8,10,19H,3,9H2,1-2H3. The molecular formula is C16H17ClFNO3S. The molecule has 4 nitrogen and oxygen atoms in total. The molecule has 7 heteroatoms. The summed E-state index contributed by atoms with van der Waals surface area (Å²) in [7, 11) is -2.20. The molecule has 124 valence electrons. The van der Waals surface area contributed by atoms with Crippen LogP contribution in [-0.4, -0.2) is 22.1 Å². The zero-order valence-electron chi connectivity index (χ0n) is 12.8. The zero-order valence-corrected chi connectivity index (χ0v) is 14.3. The van der Waals surface area contributed by atoms with Gasteiger partial charge in [0.05, 0.1) is 17.6 Å². The Morgan fingerprint density at radius 3 is 2.61 bits per heavy atom. The fourth-order valence-corrected chi connectivity index (χ4v) is 3.62. The lowest BCUT2D eigenvalue weighted by Gasteiger charge is -2.12. The van der Waals surface area contributed by atoms with Gasteiger partial charge in [-0.3, -0.25) is 0 Å². The summed E-state index contributed by atoms with van der Waals surface area (Å²) in [6.07, 6.45) is 0.678. The van der Waals surface area contributed by atoms with Crippen molar-refractivity contribution in [3.63, 3.8) is 0 Å². The Kier molecular flexibility index (Phi) is 5.62. The summed E-state index contributed by atoms with van der Waals surface area (Å²) in [5.74, 6) is -0.169. The Bertz CT molecular complexity index is 809. The second kappa shape index (κ2) is 7.29. The average Bonchev–Trinajstić information content (AvgIpc) is 2.53. The number of rotatable bonds is 6. The van der Waals surface area contributed by atoms with Crippen molar-refractivity contribution in [1.29, 1.82) is 0 Å². The number of halogens is 2. The van der Waals surface area contributed by atoms with Crippen LogP contribution in [-0.2, 0) is 10.0 Å². The minimum absolute atomic E-state index is 0.0370. The predicted molar refractivity (Wildman–Crippen MR) is 88.9 cm³/mol. The molecule has 0 aliphatic carbocycles. The quantitative estimate of drug-likeness (QED) is 0.854. The second-order valence-electron chi connectivity index (χ2n) is 4.86. The molecule has 2 rings (SSSR count). The highest BCUT2D eigenvalue weighted by molar-refractivity contribution is 7.89. The number of benzene rings is 2. The van der Waals surface area contributed by atoms with E-state index in [0.29, 0.717) is 24.3 Å². The summed E-state index contributed by atoms with van der Waals surface area (Å²) in [4.78, 5) is 0.0370. The van der Waals surface area contributed by atoms with Crippen molar-refractivity contribution >= 4 is 21.6 Å². The van der Waals surface area contributed by atoms with E-state index < -0.39 is 15.8 Å². The number of hydrogen-bond acceptors (Lipinski definition) is 3. The molecule has 0 saturated carbocycles. The number of nitrogens with one attached hydrogen (secondary N) is 1. The van der Waals surface area contributed by atoms with Gasteiger partial charge >= 0.3 is 0 Å². The summed E-state index contributed by atoms with van der Waals surface area (Å²) in [6.45, 7) is 2.20. The normalized spacial score (nSPS) is 11.5. The maximum atomic E-state index is 14.1. The van der Waals surface area contributed by atoms with Gasteiger partial charge in [0.1, 0.15) is 11.6 Å². The maximum Gasteiger partial charge on any atom is 0.240 e. The lowest BCUT2D eigenvalue weighted by atomic mass is 10.0. The average molecular weight is 358 g/mol. The van der Waals surface area contributed by atoms with Crippen molar-refractivity contribution < 1.29 is 17.5 Å². The first-order chi connectivity index (χ1) is 10.9. The first kappa shape index (κ1) is 17.7. The monoisotopic (exact) mass is 357 g/mol. The molecule has 0 heterocycles. The maximum absolute atomic E-state index is 14.1. The lowest BCUT2D eigenvalue weighted by molar-refractivity contribution is 0.413. The molecule has 1 N–H and O–H groups in total. The van der Waals surface area contributed by atoms with Gasteiger partial charge in [0.15, 0.2) is 0 Å². The van der Waals surface area contributed by atoms with Crippen molar-refractivity contribution in [2.75, 3.05) is 13.7 Å². The molecule has 0 atom stereocenters. The highest BCUT2D eigenvalue weighted by Crippen LogP contribution is 2.37. The second-order valence-corrected chi connectivity index (χ2v) is 7.03. The van der Waals surface area contributed by atoms with Gasteiger partial charge in [0.25, 0.3) is 0 Å². The Hall–Kier alpha value is -1.63. The van der Waals surface area contributed by atoms with E-state index in [4.69, 9.17) is 16.3 Å². The van der Waals surface area contributed by atoms with E-state index in [0.717, 1.165) is 0 Å². The molecule has 0 aromatic heterocycles. The molecule has 0 radical (unpaired) electrons. The minimum atomic E-state index is -3.63. The summed E-state index contributed by atoms with van der Waals surface area (Å²) >= 11 is 6.19. The van der Waals surface area contributed by atoms with Crippen molar-refractivity contribution in [2.24, 2.45) is 0 Å². The number of sulfonamides is 1. The summed E-state index contributed by atoms with van der Waals surface area (Å²) in [6, 6.07) is 8.61. The van der Waals surface area contributed by atoms with E-state index in [9.17, 15) is 12.8 Å². The van der Waals surface area contributed by atoms with Crippen LogP contribution in [0.5, 0.6) is 5.75 Å². The summed E-state index contributed by atoms with van der Waals surface area (Å²) in [5.41, 5.74) is 0.571. The molecule has 0 saturated heterocycles. The van der Waals surface area contributed by atoms with E-state index >= 15 is 0 Å². The molecule has 23 heavy (non-hydrogen) atoms. The zero-order chi connectivity index (χ0) is 17.0. The van der Waals surface area contributed by atoms with Crippen LogP contribution in [0.2, 0.25) is 5.02 Å². The third-order valence-electron chi connectivity index (χ3n) is 3.26. The Morgan fingerprint density at radius 1 is 1.26 bits per heavy atom. The van der Waals surface area contributed by atoms with Gasteiger partial charge in [-0.1, -0.05) is 30.7 Å². The highest BCUT2D eigenvalue weighted by Gasteiger charge is 2.19. The van der Waals surface area contributed by atoms with Crippen LogP contribution in [0.4, 0.5) is 4.39 Å². The summed E-state index contributed by atoms with van der Waals surface area (Å²) in [5, 5.41) is 0.132. The third-order valence-corrected chi connectivity index (χ3v) is 5.03. The van der Waals surface area contributed by atoms with E-state index in [-0.39, 0.29) is 15.5 Å². The van der Waals surface area contributed by atoms with E-state index in [1.807, 2.05) is 6.92 Å². The Morgan fingerprint density at radius 2 is 2.00 bits per heavy atom. The molecular weight excluding hydrogens is 341 g/mol. The smallest absolute Gasteiger partial charge is 0.240 e. The van der Waals surface area contributed by atoms with Gasteiger partial charge in [-0.05, 0) is 30.7 Å². The Labute approximate surface area is 140 Å². The van der Waals surface area contributed by atoms with E-state index in [1.165, 1.54) is 37.4 Å². The van der Waals surface area contributed by atoms with Gasteiger partial charge in [0, 0.05) is 17.1 Å². The van der Waals surface area contributed by atoms with Gasteiger partial charge in [-0.2, -0.15) is 0 Å². The molecule has 0 unspecified atom stereocenters. The largest absolute Gasteiger partial charge is 0.496 e. The predicted octanol–water partition coefficient (Wildman–Crippen LogP) is 3.84. The topological polar surface area (TPSA) is 55.4 Å². The number of ether oxygens (including phenoxy) is 1. The van der Waals surface area contributed by atoms with Gasteiger partial charge in [0.2, 0.25) is 10.0 Å². The van der Waals surface area contributed by atoms with Crippen molar-refractivity contribution in [3.05, 3.63) is 47.2 Å². The Balaban J connectivity index is 2.50. The van der Waals surface area contributed by atoms with Crippen molar-refractivity contribution in [2.45, 2.75) is 18.2 Å². The van der Waals surface area contributed by atoms with Gasteiger partial charge in [-0.15, -0.1) is 0 Å². The van der Waals surface area contributed by atoms with Crippen LogP contribution in [0.1, 0.15) is 13.3 Å². The number of hydrogen-bond donors (Lipinski definition) is 1. The fourth-order valence-electron chi connectivity index (χ4n) is 2.12. The highest BCUT2D eigenvalue weighted by atomic mass is 35.5. The molecule has 2 aromatic rings. The van der Waals surface area contributed by atoms with Crippen LogP contribution in [0.15, 0.2) is 41.3 Å². The number of methoxy groups -OCH3 is 1. The van der Waals surface area contributed by atoms with Crippen LogP contribution < -0.4 is 9.46 Å². The lowest BCUT2D eigenvalue weighted by Crippen LogP contribution is -2.24. The molecule has 0 bridgehead atoms. The van der Waals surface area contributed by atoms with Crippen LogP contribution in [0, 0.1) is 5.82 Å². The van der Waals surface area contributed by atoms with Crippen LogP contribution in [0.3, 0.4) is 0 Å². The molecule has 2 aromatic carbocycles. The molecule has 0 amide bonds. The van der Waals surface area contributed by atoms with Gasteiger partial charge < -0.3 is 4.74 Å². The molecule has 0 spiro atoms. The minimum Gasteiger partial charge on any atom is -0.496 e. The van der Waals surface area contributed by atoms with Crippen molar-refractivity contribution in [3.8, 4) is 16.9 Å². The first-order valence-corrected chi connectivity index (χ1v) is 8.89. The van der Waals surface area contributed by atoms with Crippen molar-refractivity contribution in [1.82, 2.24) is 4.72 Å². The van der Waals surface area contributed by atoms with Crippen LogP contribution in [0.25, 0.3) is 11.1 Å². The molecule has 0 fully saturated rings. The third kappa shape index (κ3) is 3.83. The van der Waals surface area contributed by atoms with E-state index in [1.54, 1.807) is 6.07 Å². The first-order valence-electron chi connectivity index (χ1n) is 7.02. The summed E-state index contributed by atoms with van der Waals surface area (Å²) < 4.78 is 46.0. The fraction of sp³-hybridized carbons (Fsp3) is 0.250. The van der Waals surface area contributed by atoms with E-state index in [2.05, 4.69) is 4.72 Å². The van der Waals surface area contributed by atoms with Gasteiger partial charge in [-0.25, -0.2) is 17.5 Å². The molecule has 0 aliphatic heterocycles. The molecule has 0 aliphatic rings. The SMILES string of the molecule is CCCNS(=O)(=O)c1ccc(-c2c(F)cccc2OC)c(Cl)c1.